The van der Waals surface area contributed by atoms with Crippen LogP contribution in [0.1, 0.15) is 12.5 Å². The lowest BCUT2D eigenvalue weighted by Gasteiger charge is -2.12. The van der Waals surface area contributed by atoms with Gasteiger partial charge in [0, 0.05) is 0 Å². The molecule has 0 bridgehead atoms. The number of anilines is 1. The van der Waals surface area contributed by atoms with Gasteiger partial charge in [0.1, 0.15) is 5.75 Å². The van der Waals surface area contributed by atoms with Crippen molar-refractivity contribution in [2.75, 3.05) is 18.9 Å². The van der Waals surface area contributed by atoms with E-state index in [1.807, 2.05) is 0 Å². The number of ether oxygens (including phenoxy) is 2. The first kappa shape index (κ1) is 15.1. The summed E-state index contributed by atoms with van der Waals surface area (Å²) in [7, 11) is 0. The molecule has 1 rings (SSSR count). The number of hydrogen-bond donors (Lipinski definition) is 1. The Bertz CT molecular complexity index is 446. The van der Waals surface area contributed by atoms with Crippen LogP contribution in [-0.4, -0.2) is 25.4 Å². The van der Waals surface area contributed by atoms with Gasteiger partial charge in [0.05, 0.1) is 18.7 Å². The fourth-order valence-corrected chi connectivity index (χ4v) is 1.35. The van der Waals surface area contributed by atoms with Crippen molar-refractivity contribution in [3.63, 3.8) is 0 Å². The highest BCUT2D eigenvalue weighted by atomic mass is 19.4. The smallest absolute Gasteiger partial charge is 0.422 e. The molecule has 0 aromatic heterocycles. The number of hydrogen-bond acceptors (Lipinski definition) is 4. The van der Waals surface area contributed by atoms with E-state index >= 15 is 0 Å². The molecule has 106 valence electrons. The molecule has 0 saturated heterocycles. The van der Waals surface area contributed by atoms with Crippen molar-refractivity contribution >= 4 is 11.7 Å². The van der Waals surface area contributed by atoms with Gasteiger partial charge in [0.25, 0.3) is 0 Å². The summed E-state index contributed by atoms with van der Waals surface area (Å²) >= 11 is 0. The van der Waals surface area contributed by atoms with Gasteiger partial charge in [-0.2, -0.15) is 13.2 Å². The van der Waals surface area contributed by atoms with Gasteiger partial charge >= 0.3 is 12.1 Å². The maximum absolute atomic E-state index is 12.0. The van der Waals surface area contributed by atoms with Crippen molar-refractivity contribution in [1.82, 2.24) is 0 Å². The Kier molecular flexibility index (Phi) is 5.02. The van der Waals surface area contributed by atoms with Crippen molar-refractivity contribution in [1.29, 1.82) is 0 Å². The van der Waals surface area contributed by atoms with Crippen molar-refractivity contribution in [3.8, 4) is 5.75 Å². The molecular weight excluding hydrogens is 263 g/mol. The van der Waals surface area contributed by atoms with Crippen LogP contribution >= 0.6 is 0 Å². The first-order chi connectivity index (χ1) is 8.81. The third kappa shape index (κ3) is 5.50. The minimum Gasteiger partial charge on any atom is -0.482 e. The molecule has 1 aromatic carbocycles. The zero-order valence-electron chi connectivity index (χ0n) is 10.3. The van der Waals surface area contributed by atoms with E-state index in [0.717, 1.165) is 0 Å². The molecule has 0 heterocycles. The van der Waals surface area contributed by atoms with E-state index < -0.39 is 18.8 Å². The fraction of sp³-hybridized carbons (Fsp3) is 0.417. The van der Waals surface area contributed by atoms with E-state index in [4.69, 9.17) is 10.5 Å². The number of carbonyl (C=O) groups is 1. The molecule has 0 unspecified atom stereocenters. The summed E-state index contributed by atoms with van der Waals surface area (Å²) < 4.78 is 45.5. The van der Waals surface area contributed by atoms with Crippen molar-refractivity contribution in [2.24, 2.45) is 0 Å². The molecule has 0 saturated carbocycles. The second-order valence-corrected chi connectivity index (χ2v) is 3.76. The van der Waals surface area contributed by atoms with Crippen LogP contribution in [0.3, 0.4) is 0 Å². The van der Waals surface area contributed by atoms with Gasteiger partial charge in [-0.15, -0.1) is 0 Å². The minimum atomic E-state index is -4.44. The van der Waals surface area contributed by atoms with Crippen LogP contribution < -0.4 is 10.5 Å². The summed E-state index contributed by atoms with van der Waals surface area (Å²) in [6.07, 6.45) is -4.49. The molecule has 19 heavy (non-hydrogen) atoms. The standard InChI is InChI=1S/C12H14F3NO3/c1-2-18-11(17)6-8-3-4-9(16)10(5-8)19-7-12(13,14)15/h3-5H,2,6-7,16H2,1H3. The van der Waals surface area contributed by atoms with Crippen LogP contribution in [0.4, 0.5) is 18.9 Å². The Hall–Kier alpha value is -1.92. The lowest BCUT2D eigenvalue weighted by atomic mass is 10.1. The van der Waals surface area contributed by atoms with Crippen molar-refractivity contribution < 1.29 is 27.4 Å². The van der Waals surface area contributed by atoms with Gasteiger partial charge in [-0.25, -0.2) is 0 Å². The number of alkyl halides is 3. The van der Waals surface area contributed by atoms with E-state index in [1.165, 1.54) is 18.2 Å². The maximum Gasteiger partial charge on any atom is 0.422 e. The second kappa shape index (κ2) is 6.31. The van der Waals surface area contributed by atoms with Gasteiger partial charge in [0.2, 0.25) is 0 Å². The first-order valence-electron chi connectivity index (χ1n) is 5.55. The zero-order valence-corrected chi connectivity index (χ0v) is 10.3. The predicted molar refractivity (Wildman–Crippen MR) is 62.7 cm³/mol. The molecular formula is C12H14F3NO3. The Balaban J connectivity index is 2.74. The molecule has 0 amide bonds. The molecule has 0 spiro atoms. The summed E-state index contributed by atoms with van der Waals surface area (Å²) in [5.41, 5.74) is 6.06. The van der Waals surface area contributed by atoms with Crippen molar-refractivity contribution in [2.45, 2.75) is 19.5 Å². The van der Waals surface area contributed by atoms with Gasteiger partial charge in [-0.05, 0) is 24.6 Å². The van der Waals surface area contributed by atoms with Gasteiger partial charge in [-0.1, -0.05) is 6.07 Å². The Morgan fingerprint density at radius 2 is 2.05 bits per heavy atom. The Morgan fingerprint density at radius 3 is 2.63 bits per heavy atom. The lowest BCUT2D eigenvalue weighted by Crippen LogP contribution is -2.19. The quantitative estimate of drug-likeness (QED) is 0.662. The third-order valence-corrected chi connectivity index (χ3v) is 2.12. The molecule has 2 N–H and O–H groups in total. The first-order valence-corrected chi connectivity index (χ1v) is 5.55. The summed E-state index contributed by atoms with van der Waals surface area (Å²) in [6.45, 7) is 0.476. The number of benzene rings is 1. The molecule has 0 fully saturated rings. The minimum absolute atomic E-state index is 0.0451. The average Bonchev–Trinajstić information content (AvgIpc) is 2.29. The van der Waals surface area contributed by atoms with Gasteiger partial charge in [-0.3, -0.25) is 4.79 Å². The zero-order chi connectivity index (χ0) is 14.5. The third-order valence-electron chi connectivity index (χ3n) is 2.12. The van der Waals surface area contributed by atoms with Gasteiger partial charge < -0.3 is 15.2 Å². The molecule has 1 aromatic rings. The van der Waals surface area contributed by atoms with Crippen LogP contribution in [0.2, 0.25) is 0 Å². The number of carbonyl (C=O) groups excluding carboxylic acids is 1. The van der Waals surface area contributed by atoms with Crippen molar-refractivity contribution in [3.05, 3.63) is 23.8 Å². The molecule has 0 aliphatic heterocycles. The van der Waals surface area contributed by atoms with E-state index in [9.17, 15) is 18.0 Å². The van der Waals surface area contributed by atoms with Gasteiger partial charge in [0.15, 0.2) is 6.61 Å². The monoisotopic (exact) mass is 277 g/mol. The highest BCUT2D eigenvalue weighted by molar-refractivity contribution is 5.73. The van der Waals surface area contributed by atoms with E-state index in [-0.39, 0.29) is 24.5 Å². The van der Waals surface area contributed by atoms with E-state index in [1.54, 1.807) is 6.92 Å². The normalized spacial score (nSPS) is 11.2. The molecule has 4 nitrogen and oxygen atoms in total. The van der Waals surface area contributed by atoms with E-state index in [0.29, 0.717) is 5.56 Å². The summed E-state index contributed by atoms with van der Waals surface area (Å²) in [5.74, 6) is -0.562. The Labute approximate surface area is 108 Å². The number of esters is 1. The average molecular weight is 277 g/mol. The summed E-state index contributed by atoms with van der Waals surface area (Å²) in [5, 5.41) is 0. The second-order valence-electron chi connectivity index (χ2n) is 3.76. The molecule has 0 radical (unpaired) electrons. The topological polar surface area (TPSA) is 61.5 Å². The van der Waals surface area contributed by atoms with Crippen LogP contribution in [0.5, 0.6) is 5.75 Å². The number of nitrogens with two attached hydrogens (primary N) is 1. The summed E-state index contributed by atoms with van der Waals surface area (Å²) in [6, 6.07) is 4.23. The predicted octanol–water partition coefficient (Wildman–Crippen LogP) is 2.32. The van der Waals surface area contributed by atoms with Crippen LogP contribution in [0.15, 0.2) is 18.2 Å². The SMILES string of the molecule is CCOC(=O)Cc1ccc(N)c(OCC(F)(F)F)c1. The van der Waals surface area contributed by atoms with Crippen LogP contribution in [0, 0.1) is 0 Å². The fourth-order valence-electron chi connectivity index (χ4n) is 1.35. The van der Waals surface area contributed by atoms with Crippen LogP contribution in [0.25, 0.3) is 0 Å². The van der Waals surface area contributed by atoms with Crippen LogP contribution in [-0.2, 0) is 16.0 Å². The number of nitrogen functional groups attached to an aromatic ring is 1. The number of halogens is 3. The highest BCUT2D eigenvalue weighted by Crippen LogP contribution is 2.25. The largest absolute Gasteiger partial charge is 0.482 e. The molecule has 0 atom stereocenters. The summed E-state index contributed by atoms with van der Waals surface area (Å²) in [4.78, 5) is 11.3. The lowest BCUT2D eigenvalue weighted by molar-refractivity contribution is -0.153. The van der Waals surface area contributed by atoms with E-state index in [2.05, 4.69) is 4.74 Å². The Morgan fingerprint density at radius 1 is 1.37 bits per heavy atom. The number of rotatable bonds is 5. The highest BCUT2D eigenvalue weighted by Gasteiger charge is 2.28. The molecule has 0 aliphatic carbocycles. The molecule has 7 heteroatoms. The maximum atomic E-state index is 12.0. The molecule has 0 aliphatic rings.